The van der Waals surface area contributed by atoms with Crippen LogP contribution < -0.4 is 5.73 Å². The van der Waals surface area contributed by atoms with E-state index in [-0.39, 0.29) is 0 Å². The van der Waals surface area contributed by atoms with Crippen molar-refractivity contribution in [2.24, 2.45) is 11.7 Å². The Kier molecular flexibility index (Phi) is 3.88. The molecule has 1 aliphatic rings. The van der Waals surface area contributed by atoms with E-state index < -0.39 is 10.2 Å². The van der Waals surface area contributed by atoms with Crippen LogP contribution in [0.1, 0.15) is 13.3 Å². The van der Waals surface area contributed by atoms with E-state index in [2.05, 4.69) is 0 Å². The molecule has 0 aliphatic carbocycles. The highest BCUT2D eigenvalue weighted by Crippen LogP contribution is 2.19. The molecule has 1 saturated heterocycles. The zero-order chi connectivity index (χ0) is 10.8. The molecule has 0 amide bonds. The maximum Gasteiger partial charge on any atom is 0.281 e. The second kappa shape index (κ2) is 4.57. The summed E-state index contributed by atoms with van der Waals surface area (Å²) in [6.45, 7) is 4.22. The van der Waals surface area contributed by atoms with Crippen molar-refractivity contribution in [2.75, 3.05) is 33.2 Å². The summed E-state index contributed by atoms with van der Waals surface area (Å²) in [5, 5.41) is 0. The predicted octanol–water partition coefficient (Wildman–Crippen LogP) is -0.536. The van der Waals surface area contributed by atoms with Gasteiger partial charge in [0, 0.05) is 26.7 Å². The summed E-state index contributed by atoms with van der Waals surface area (Å²) in [6, 6.07) is 0. The van der Waals surface area contributed by atoms with Crippen LogP contribution in [0, 0.1) is 5.92 Å². The molecule has 0 spiro atoms. The average molecular weight is 221 g/mol. The lowest BCUT2D eigenvalue weighted by molar-refractivity contribution is 0.240. The molecular formula is C8H19N3O2S. The maximum atomic E-state index is 11.7. The topological polar surface area (TPSA) is 66.6 Å². The number of hydrogen-bond donors (Lipinski definition) is 1. The molecular weight excluding hydrogens is 202 g/mol. The van der Waals surface area contributed by atoms with Crippen LogP contribution in [0.15, 0.2) is 0 Å². The Morgan fingerprint density at radius 1 is 1.43 bits per heavy atom. The van der Waals surface area contributed by atoms with Gasteiger partial charge in [-0.05, 0) is 18.9 Å². The number of nitrogens with two attached hydrogens (primary N) is 1. The third kappa shape index (κ3) is 2.25. The lowest BCUT2D eigenvalue weighted by Crippen LogP contribution is -2.52. The molecule has 1 atom stereocenters. The van der Waals surface area contributed by atoms with Gasteiger partial charge in [-0.3, -0.25) is 0 Å². The van der Waals surface area contributed by atoms with Gasteiger partial charge >= 0.3 is 0 Å². The normalized spacial score (nSPS) is 29.2. The van der Waals surface area contributed by atoms with E-state index >= 15 is 0 Å². The van der Waals surface area contributed by atoms with Crippen LogP contribution in [0.4, 0.5) is 0 Å². The highest BCUT2D eigenvalue weighted by atomic mass is 32.2. The van der Waals surface area contributed by atoms with Gasteiger partial charge in [0.25, 0.3) is 10.2 Å². The molecule has 0 aromatic heterocycles. The Morgan fingerprint density at radius 2 is 2.07 bits per heavy atom. The van der Waals surface area contributed by atoms with Crippen molar-refractivity contribution in [3.8, 4) is 0 Å². The Bertz CT molecular complexity index is 278. The minimum Gasteiger partial charge on any atom is -0.330 e. The molecule has 0 saturated carbocycles. The van der Waals surface area contributed by atoms with Crippen LogP contribution in [-0.2, 0) is 10.2 Å². The second-order valence-corrected chi connectivity index (χ2v) is 5.72. The first-order chi connectivity index (χ1) is 6.52. The largest absolute Gasteiger partial charge is 0.330 e. The van der Waals surface area contributed by atoms with Gasteiger partial charge in [-0.1, -0.05) is 6.92 Å². The minimum atomic E-state index is -3.18. The molecule has 1 unspecified atom stereocenters. The average Bonchev–Trinajstić information content (AvgIpc) is 2.11. The molecule has 1 aliphatic heterocycles. The van der Waals surface area contributed by atoms with Crippen LogP contribution in [0.3, 0.4) is 0 Å². The van der Waals surface area contributed by atoms with E-state index in [0.29, 0.717) is 32.1 Å². The van der Waals surface area contributed by atoms with Gasteiger partial charge in [0.05, 0.1) is 0 Å². The summed E-state index contributed by atoms with van der Waals surface area (Å²) in [7, 11) is -1.55. The van der Waals surface area contributed by atoms with Crippen LogP contribution in [0.2, 0.25) is 0 Å². The fraction of sp³-hybridized carbons (Fsp3) is 1.00. The van der Waals surface area contributed by atoms with E-state index in [9.17, 15) is 8.42 Å². The van der Waals surface area contributed by atoms with Crippen molar-refractivity contribution < 1.29 is 8.42 Å². The van der Waals surface area contributed by atoms with Gasteiger partial charge in [-0.15, -0.1) is 0 Å². The molecule has 1 heterocycles. The number of rotatable bonds is 3. The van der Waals surface area contributed by atoms with E-state index in [1.165, 1.54) is 8.61 Å². The molecule has 0 aromatic carbocycles. The van der Waals surface area contributed by atoms with Crippen molar-refractivity contribution in [2.45, 2.75) is 13.3 Å². The van der Waals surface area contributed by atoms with Gasteiger partial charge in [0.15, 0.2) is 0 Å². The fourth-order valence-electron chi connectivity index (χ4n) is 1.81. The van der Waals surface area contributed by atoms with Gasteiger partial charge < -0.3 is 5.73 Å². The SMILES string of the molecule is CCN1CC(CCN)CN(C)S1(=O)=O. The molecule has 0 aromatic rings. The first kappa shape index (κ1) is 11.9. The summed E-state index contributed by atoms with van der Waals surface area (Å²) in [4.78, 5) is 0. The standard InChI is InChI=1S/C8H19N3O2S/c1-3-11-7-8(4-5-9)6-10(2)14(11,12)13/h8H,3-7,9H2,1-2H3. The third-order valence-electron chi connectivity index (χ3n) is 2.62. The van der Waals surface area contributed by atoms with Crippen LogP contribution in [0.25, 0.3) is 0 Å². The molecule has 2 N–H and O–H groups in total. The van der Waals surface area contributed by atoms with Crippen LogP contribution in [0.5, 0.6) is 0 Å². The number of hydrogen-bond acceptors (Lipinski definition) is 3. The first-order valence-electron chi connectivity index (χ1n) is 4.93. The first-order valence-corrected chi connectivity index (χ1v) is 6.33. The molecule has 0 bridgehead atoms. The highest BCUT2D eigenvalue weighted by molar-refractivity contribution is 7.86. The van der Waals surface area contributed by atoms with Crippen molar-refractivity contribution in [3.05, 3.63) is 0 Å². The lowest BCUT2D eigenvalue weighted by Gasteiger charge is -2.36. The molecule has 5 nitrogen and oxygen atoms in total. The fourth-order valence-corrected chi connectivity index (χ4v) is 3.32. The molecule has 1 fully saturated rings. The number of nitrogens with zero attached hydrogens (tertiary/aromatic N) is 2. The Balaban J connectivity index is 2.74. The zero-order valence-corrected chi connectivity index (χ0v) is 9.63. The van der Waals surface area contributed by atoms with Gasteiger partial charge in [0.1, 0.15) is 0 Å². The monoisotopic (exact) mass is 221 g/mol. The van der Waals surface area contributed by atoms with Gasteiger partial charge in [-0.2, -0.15) is 17.0 Å². The van der Waals surface area contributed by atoms with E-state index in [4.69, 9.17) is 5.73 Å². The minimum absolute atomic E-state index is 0.369. The van der Waals surface area contributed by atoms with Crippen molar-refractivity contribution in [1.29, 1.82) is 0 Å². The quantitative estimate of drug-likeness (QED) is 0.696. The van der Waals surface area contributed by atoms with E-state index in [1.54, 1.807) is 7.05 Å². The predicted molar refractivity (Wildman–Crippen MR) is 56.0 cm³/mol. The molecule has 6 heteroatoms. The van der Waals surface area contributed by atoms with Gasteiger partial charge in [0.2, 0.25) is 0 Å². The third-order valence-corrected chi connectivity index (χ3v) is 4.62. The smallest absolute Gasteiger partial charge is 0.281 e. The summed E-state index contributed by atoms with van der Waals surface area (Å²) < 4.78 is 26.4. The van der Waals surface area contributed by atoms with E-state index in [0.717, 1.165) is 6.42 Å². The highest BCUT2D eigenvalue weighted by Gasteiger charge is 2.34. The van der Waals surface area contributed by atoms with Crippen LogP contribution in [-0.4, -0.2) is 50.3 Å². The summed E-state index contributed by atoms with van der Waals surface area (Å²) >= 11 is 0. The summed E-state index contributed by atoms with van der Waals surface area (Å²) in [6.07, 6.45) is 0.885. The molecule has 0 radical (unpaired) electrons. The van der Waals surface area contributed by atoms with Gasteiger partial charge in [-0.25, -0.2) is 0 Å². The summed E-state index contributed by atoms with van der Waals surface area (Å²) in [5.41, 5.74) is 5.47. The molecule has 14 heavy (non-hydrogen) atoms. The second-order valence-electron chi connectivity index (χ2n) is 3.68. The lowest BCUT2D eigenvalue weighted by atomic mass is 10.1. The summed E-state index contributed by atoms with van der Waals surface area (Å²) in [5.74, 6) is 0.369. The zero-order valence-electron chi connectivity index (χ0n) is 8.81. The Labute approximate surface area is 86.0 Å². The molecule has 84 valence electrons. The van der Waals surface area contributed by atoms with E-state index in [1.807, 2.05) is 6.92 Å². The van der Waals surface area contributed by atoms with Crippen molar-refractivity contribution in [3.63, 3.8) is 0 Å². The Morgan fingerprint density at radius 3 is 2.57 bits per heavy atom. The van der Waals surface area contributed by atoms with Crippen molar-refractivity contribution in [1.82, 2.24) is 8.61 Å². The van der Waals surface area contributed by atoms with Crippen molar-refractivity contribution >= 4 is 10.2 Å². The molecule has 1 rings (SSSR count). The Hall–Kier alpha value is -0.170. The maximum absolute atomic E-state index is 11.7. The van der Waals surface area contributed by atoms with Crippen LogP contribution >= 0.6 is 0 Å².